The molecule has 0 unspecified atom stereocenters. The SMILES string of the molecule is CCOC(=O)Cc1cc(Br)c(C(F)F)nc1I. The van der Waals surface area contributed by atoms with Crippen molar-refractivity contribution in [3.63, 3.8) is 0 Å². The van der Waals surface area contributed by atoms with Crippen LogP contribution in [-0.4, -0.2) is 17.6 Å². The van der Waals surface area contributed by atoms with Crippen LogP contribution >= 0.6 is 38.5 Å². The number of hydrogen-bond acceptors (Lipinski definition) is 3. The van der Waals surface area contributed by atoms with Crippen molar-refractivity contribution in [2.45, 2.75) is 19.8 Å². The van der Waals surface area contributed by atoms with Crippen LogP contribution in [-0.2, 0) is 16.0 Å². The molecule has 0 saturated carbocycles. The van der Waals surface area contributed by atoms with Crippen LogP contribution in [0, 0.1) is 3.70 Å². The predicted octanol–water partition coefficient (Wildman–Crippen LogP) is 3.49. The van der Waals surface area contributed by atoms with Gasteiger partial charge in [-0.1, -0.05) is 0 Å². The van der Waals surface area contributed by atoms with Gasteiger partial charge in [0.1, 0.15) is 9.39 Å². The van der Waals surface area contributed by atoms with Crippen LogP contribution in [0.15, 0.2) is 10.5 Å². The molecule has 0 aliphatic heterocycles. The number of aromatic nitrogens is 1. The van der Waals surface area contributed by atoms with E-state index in [9.17, 15) is 13.6 Å². The molecule has 0 amide bonds. The monoisotopic (exact) mass is 419 g/mol. The molecule has 94 valence electrons. The van der Waals surface area contributed by atoms with Gasteiger partial charge in [-0.05, 0) is 57.1 Å². The maximum absolute atomic E-state index is 12.5. The minimum atomic E-state index is -2.64. The second-order valence-electron chi connectivity index (χ2n) is 3.09. The van der Waals surface area contributed by atoms with Crippen LogP contribution in [0.25, 0.3) is 0 Å². The Kier molecular flexibility index (Phi) is 5.71. The molecule has 3 nitrogen and oxygen atoms in total. The molecule has 0 atom stereocenters. The van der Waals surface area contributed by atoms with Crippen molar-refractivity contribution < 1.29 is 18.3 Å². The number of pyridine rings is 1. The summed E-state index contributed by atoms with van der Waals surface area (Å²) in [5.74, 6) is -0.399. The first-order valence-electron chi connectivity index (χ1n) is 4.74. The van der Waals surface area contributed by atoms with Crippen LogP contribution < -0.4 is 0 Å². The summed E-state index contributed by atoms with van der Waals surface area (Å²) in [7, 11) is 0. The molecular formula is C10H9BrF2INO2. The van der Waals surface area contributed by atoms with E-state index in [1.54, 1.807) is 6.92 Å². The van der Waals surface area contributed by atoms with E-state index in [2.05, 4.69) is 20.9 Å². The van der Waals surface area contributed by atoms with Crippen LogP contribution in [0.3, 0.4) is 0 Å². The van der Waals surface area contributed by atoms with Gasteiger partial charge in [-0.2, -0.15) is 0 Å². The molecule has 1 aromatic heterocycles. The number of rotatable bonds is 4. The first-order chi connectivity index (χ1) is 7.95. The van der Waals surface area contributed by atoms with Crippen LogP contribution in [0.4, 0.5) is 8.78 Å². The number of esters is 1. The van der Waals surface area contributed by atoms with Crippen LogP contribution in [0.2, 0.25) is 0 Å². The molecule has 7 heteroatoms. The second kappa shape index (κ2) is 6.58. The fourth-order valence-corrected chi connectivity index (χ4v) is 2.31. The highest BCUT2D eigenvalue weighted by Crippen LogP contribution is 2.28. The molecule has 1 aromatic rings. The maximum atomic E-state index is 12.5. The normalized spacial score (nSPS) is 10.7. The van der Waals surface area contributed by atoms with Crippen molar-refractivity contribution in [3.05, 3.63) is 25.5 Å². The third-order valence-corrected chi connectivity index (χ3v) is 3.45. The van der Waals surface area contributed by atoms with Gasteiger partial charge < -0.3 is 4.74 Å². The van der Waals surface area contributed by atoms with Gasteiger partial charge in [0, 0.05) is 4.47 Å². The van der Waals surface area contributed by atoms with Gasteiger partial charge in [0.15, 0.2) is 0 Å². The predicted molar refractivity (Wildman–Crippen MR) is 69.9 cm³/mol. The van der Waals surface area contributed by atoms with Gasteiger partial charge in [0.2, 0.25) is 0 Å². The van der Waals surface area contributed by atoms with Crippen molar-refractivity contribution in [2.24, 2.45) is 0 Å². The standard InChI is InChI=1S/C10H9BrF2INO2/c1-2-17-7(16)4-5-3-6(11)8(9(12)13)15-10(5)14/h3,9H,2,4H2,1H3. The minimum absolute atomic E-state index is 0.0290. The zero-order chi connectivity index (χ0) is 13.0. The number of hydrogen-bond donors (Lipinski definition) is 0. The Morgan fingerprint density at radius 1 is 1.65 bits per heavy atom. The molecule has 0 aliphatic rings. The molecule has 0 fully saturated rings. The van der Waals surface area contributed by atoms with E-state index in [4.69, 9.17) is 4.74 Å². The van der Waals surface area contributed by atoms with Crippen molar-refractivity contribution >= 4 is 44.5 Å². The number of carbonyl (C=O) groups excluding carboxylic acids is 1. The lowest BCUT2D eigenvalue weighted by atomic mass is 10.2. The molecule has 0 saturated heterocycles. The molecule has 0 bridgehead atoms. The molecule has 1 rings (SSSR count). The Morgan fingerprint density at radius 3 is 2.82 bits per heavy atom. The first-order valence-corrected chi connectivity index (χ1v) is 6.61. The Hall–Kier alpha value is -0.310. The van der Waals surface area contributed by atoms with Crippen LogP contribution in [0.1, 0.15) is 24.6 Å². The van der Waals surface area contributed by atoms with Crippen molar-refractivity contribution in [1.29, 1.82) is 0 Å². The van der Waals surface area contributed by atoms with E-state index in [-0.39, 0.29) is 16.6 Å². The highest BCUT2D eigenvalue weighted by Gasteiger charge is 2.18. The molecule has 0 aromatic carbocycles. The van der Waals surface area contributed by atoms with E-state index in [0.717, 1.165) is 0 Å². The highest BCUT2D eigenvalue weighted by molar-refractivity contribution is 14.1. The summed E-state index contributed by atoms with van der Waals surface area (Å²) >= 11 is 4.84. The van der Waals surface area contributed by atoms with Crippen molar-refractivity contribution in [3.8, 4) is 0 Å². The lowest BCUT2D eigenvalue weighted by Gasteiger charge is -2.08. The van der Waals surface area contributed by atoms with E-state index in [1.807, 2.05) is 22.6 Å². The van der Waals surface area contributed by atoms with E-state index < -0.39 is 12.4 Å². The molecular weight excluding hydrogens is 411 g/mol. The van der Waals surface area contributed by atoms with E-state index in [1.165, 1.54) is 6.07 Å². The lowest BCUT2D eigenvalue weighted by molar-refractivity contribution is -0.142. The molecule has 17 heavy (non-hydrogen) atoms. The summed E-state index contributed by atoms with van der Waals surface area (Å²) in [5.41, 5.74) is 0.252. The summed E-state index contributed by atoms with van der Waals surface area (Å²) in [4.78, 5) is 15.0. The first kappa shape index (κ1) is 14.7. The molecule has 0 aliphatic carbocycles. The highest BCUT2D eigenvalue weighted by atomic mass is 127. The van der Waals surface area contributed by atoms with E-state index >= 15 is 0 Å². The van der Waals surface area contributed by atoms with Gasteiger partial charge in [0.25, 0.3) is 6.43 Å². The summed E-state index contributed by atoms with van der Waals surface area (Å²) in [6, 6.07) is 1.48. The average molecular weight is 420 g/mol. The summed E-state index contributed by atoms with van der Waals surface area (Å²) in [6.07, 6.45) is -2.61. The van der Waals surface area contributed by atoms with Crippen LogP contribution in [0.5, 0.6) is 0 Å². The summed E-state index contributed by atoms with van der Waals surface area (Å²) in [5, 5.41) is 0. The fourth-order valence-electron chi connectivity index (χ4n) is 1.16. The minimum Gasteiger partial charge on any atom is -0.466 e. The Bertz CT molecular complexity index is 429. The smallest absolute Gasteiger partial charge is 0.310 e. The second-order valence-corrected chi connectivity index (χ2v) is 4.96. The number of halogens is 4. The summed E-state index contributed by atoms with van der Waals surface area (Å²) < 4.78 is 30.4. The largest absolute Gasteiger partial charge is 0.466 e. The number of alkyl halides is 2. The van der Waals surface area contributed by atoms with Crippen molar-refractivity contribution in [1.82, 2.24) is 4.98 Å². The van der Waals surface area contributed by atoms with Gasteiger partial charge in [-0.15, -0.1) is 0 Å². The summed E-state index contributed by atoms with van der Waals surface area (Å²) in [6.45, 7) is 2.00. The van der Waals surface area contributed by atoms with E-state index in [0.29, 0.717) is 15.9 Å². The molecule has 1 heterocycles. The Labute approximate surface area is 119 Å². The number of ether oxygens (including phenoxy) is 1. The third-order valence-electron chi connectivity index (χ3n) is 1.88. The van der Waals surface area contributed by atoms with Crippen molar-refractivity contribution in [2.75, 3.05) is 6.61 Å². The third kappa shape index (κ3) is 4.13. The zero-order valence-corrected chi connectivity index (χ0v) is 12.6. The zero-order valence-electron chi connectivity index (χ0n) is 8.84. The molecule has 0 spiro atoms. The van der Waals surface area contributed by atoms with Gasteiger partial charge in [-0.25, -0.2) is 13.8 Å². The number of carbonyl (C=O) groups is 1. The average Bonchev–Trinajstić information content (AvgIpc) is 2.22. The lowest BCUT2D eigenvalue weighted by Crippen LogP contribution is -2.10. The Morgan fingerprint density at radius 2 is 2.29 bits per heavy atom. The fraction of sp³-hybridized carbons (Fsp3) is 0.400. The molecule has 0 radical (unpaired) electrons. The molecule has 0 N–H and O–H groups in total. The number of nitrogens with zero attached hydrogens (tertiary/aromatic N) is 1. The maximum Gasteiger partial charge on any atom is 0.310 e. The van der Waals surface area contributed by atoms with Gasteiger partial charge in [0.05, 0.1) is 13.0 Å². The Balaban J connectivity index is 2.95. The topological polar surface area (TPSA) is 39.2 Å². The quantitative estimate of drug-likeness (QED) is 0.426. The van der Waals surface area contributed by atoms with Gasteiger partial charge in [-0.3, -0.25) is 4.79 Å². The van der Waals surface area contributed by atoms with Gasteiger partial charge >= 0.3 is 5.97 Å².